The molecule has 0 aliphatic carbocycles. The average Bonchev–Trinajstić information content (AvgIpc) is 2.54. The Balaban J connectivity index is 2.79. The first-order valence-electron chi connectivity index (χ1n) is 9.10. The number of hydrogen-bond donors (Lipinski definition) is 1. The highest BCUT2D eigenvalue weighted by atomic mass is 16.7. The van der Waals surface area contributed by atoms with Gasteiger partial charge in [-0.15, -0.1) is 0 Å². The summed E-state index contributed by atoms with van der Waals surface area (Å²) >= 11 is 0. The molecule has 1 N–H and O–H groups in total. The number of rotatable bonds is 3. The molecule has 4 nitrogen and oxygen atoms in total. The van der Waals surface area contributed by atoms with Crippen molar-refractivity contribution >= 4 is 11.7 Å². The lowest BCUT2D eigenvalue weighted by Gasteiger charge is -2.28. The topological polar surface area (TPSA) is 58.9 Å². The van der Waals surface area contributed by atoms with Crippen molar-refractivity contribution in [3.05, 3.63) is 64.7 Å². The second-order valence-electron chi connectivity index (χ2n) is 8.81. The third kappa shape index (κ3) is 4.97. The van der Waals surface area contributed by atoms with Crippen LogP contribution < -0.4 is 0 Å². The molecule has 0 fully saturated rings. The van der Waals surface area contributed by atoms with E-state index >= 15 is 0 Å². The summed E-state index contributed by atoms with van der Waals surface area (Å²) in [4.78, 5) is 16.3. The first kappa shape index (κ1) is 20.7. The maximum atomic E-state index is 11.3. The second-order valence-corrected chi connectivity index (χ2v) is 8.81. The normalized spacial score (nSPS) is 12.8. The van der Waals surface area contributed by atoms with Gasteiger partial charge >= 0.3 is 5.97 Å². The van der Waals surface area contributed by atoms with E-state index < -0.39 is 5.97 Å². The van der Waals surface area contributed by atoms with Crippen molar-refractivity contribution in [1.82, 2.24) is 0 Å². The van der Waals surface area contributed by atoms with Crippen LogP contribution in [0.15, 0.2) is 47.6 Å². The van der Waals surface area contributed by atoms with Crippen LogP contribution in [0.1, 0.15) is 70.7 Å². The largest absolute Gasteiger partial charge is 0.507 e. The van der Waals surface area contributed by atoms with Crippen LogP contribution in [0.5, 0.6) is 5.75 Å². The molecule has 0 spiro atoms. The molecule has 0 heterocycles. The summed E-state index contributed by atoms with van der Waals surface area (Å²) in [6.45, 7) is 13.7. The Kier molecular flexibility index (Phi) is 5.79. The predicted octanol–water partition coefficient (Wildman–Crippen LogP) is 5.30. The molecule has 0 amide bonds. The van der Waals surface area contributed by atoms with Gasteiger partial charge in [0.25, 0.3) is 0 Å². The zero-order valence-corrected chi connectivity index (χ0v) is 17.3. The quantitative estimate of drug-likeness (QED) is 0.455. The van der Waals surface area contributed by atoms with Gasteiger partial charge in [0.15, 0.2) is 0 Å². The van der Waals surface area contributed by atoms with E-state index in [0.717, 1.165) is 22.3 Å². The van der Waals surface area contributed by atoms with Gasteiger partial charge in [-0.3, -0.25) is 0 Å². The molecule has 0 saturated heterocycles. The molecular formula is C23H29NO3. The van der Waals surface area contributed by atoms with Gasteiger partial charge in [-0.2, -0.15) is 0 Å². The van der Waals surface area contributed by atoms with Crippen molar-refractivity contribution < 1.29 is 14.7 Å². The third-order valence-corrected chi connectivity index (χ3v) is 4.31. The fraction of sp³-hybridized carbons (Fsp3) is 0.391. The van der Waals surface area contributed by atoms with E-state index in [2.05, 4.69) is 46.7 Å². The summed E-state index contributed by atoms with van der Waals surface area (Å²) in [6, 6.07) is 13.4. The van der Waals surface area contributed by atoms with Gasteiger partial charge in [0.1, 0.15) is 11.5 Å². The number of carbonyl (C=O) groups is 1. The number of hydrogen-bond acceptors (Lipinski definition) is 4. The summed E-state index contributed by atoms with van der Waals surface area (Å²) in [5, 5.41) is 15.1. The van der Waals surface area contributed by atoms with Crippen LogP contribution in [0.4, 0.5) is 0 Å². The molecule has 4 heteroatoms. The fourth-order valence-corrected chi connectivity index (χ4v) is 2.89. The maximum absolute atomic E-state index is 11.3. The number of nitrogens with zero attached hydrogens (tertiary/aromatic N) is 1. The van der Waals surface area contributed by atoms with E-state index in [1.54, 1.807) is 0 Å². The standard InChI is InChI=1S/C23H29NO3/c1-15(25)27-24-20(16-11-9-8-10-12-16)17-13-18(22(2,3)4)21(26)19(14-17)23(5,6)7/h8-14,26H,1-7H3. The Hall–Kier alpha value is -2.62. The van der Waals surface area contributed by atoms with E-state index in [-0.39, 0.29) is 10.8 Å². The molecule has 144 valence electrons. The van der Waals surface area contributed by atoms with Crippen LogP contribution in [-0.2, 0) is 20.5 Å². The molecule has 0 atom stereocenters. The number of phenols is 1. The predicted molar refractivity (Wildman–Crippen MR) is 109 cm³/mol. The van der Waals surface area contributed by atoms with Crippen molar-refractivity contribution in [2.45, 2.75) is 59.3 Å². The van der Waals surface area contributed by atoms with E-state index in [1.165, 1.54) is 6.92 Å². The SMILES string of the molecule is CC(=O)ON=C(c1ccccc1)c1cc(C(C)(C)C)c(O)c(C(C)(C)C)c1. The minimum absolute atomic E-state index is 0.261. The van der Waals surface area contributed by atoms with Crippen LogP contribution in [0.2, 0.25) is 0 Å². The molecule has 0 aromatic heterocycles. The van der Waals surface area contributed by atoms with E-state index in [1.807, 2.05) is 42.5 Å². The Morgan fingerprint density at radius 3 is 1.78 bits per heavy atom. The lowest BCUT2D eigenvalue weighted by Crippen LogP contribution is -2.19. The molecule has 0 radical (unpaired) electrons. The van der Waals surface area contributed by atoms with Gasteiger partial charge in [0.05, 0.1) is 0 Å². The molecule has 0 aliphatic rings. The van der Waals surface area contributed by atoms with E-state index in [9.17, 15) is 9.90 Å². The van der Waals surface area contributed by atoms with Crippen LogP contribution >= 0.6 is 0 Å². The summed E-state index contributed by atoms with van der Waals surface area (Å²) in [5.41, 5.74) is 3.33. The Morgan fingerprint density at radius 1 is 0.889 bits per heavy atom. The van der Waals surface area contributed by atoms with Crippen molar-refractivity contribution in [3.63, 3.8) is 0 Å². The highest BCUT2D eigenvalue weighted by Crippen LogP contribution is 2.40. The third-order valence-electron chi connectivity index (χ3n) is 4.31. The minimum atomic E-state index is -0.478. The lowest BCUT2D eigenvalue weighted by atomic mass is 9.77. The lowest BCUT2D eigenvalue weighted by molar-refractivity contribution is -0.140. The molecule has 0 saturated carbocycles. The molecule has 0 unspecified atom stereocenters. The van der Waals surface area contributed by atoms with E-state index in [0.29, 0.717) is 11.5 Å². The summed E-state index contributed by atoms with van der Waals surface area (Å²) in [6.07, 6.45) is 0. The zero-order chi connectivity index (χ0) is 20.4. The Bertz CT molecular complexity index is 818. The monoisotopic (exact) mass is 367 g/mol. The Labute approximate surface area is 161 Å². The number of benzene rings is 2. The fourth-order valence-electron chi connectivity index (χ4n) is 2.89. The maximum Gasteiger partial charge on any atom is 0.332 e. The van der Waals surface area contributed by atoms with E-state index in [4.69, 9.17) is 4.84 Å². The first-order valence-corrected chi connectivity index (χ1v) is 9.10. The minimum Gasteiger partial charge on any atom is -0.507 e. The molecule has 2 rings (SSSR count). The Morgan fingerprint density at radius 2 is 1.37 bits per heavy atom. The van der Waals surface area contributed by atoms with Crippen LogP contribution in [0.25, 0.3) is 0 Å². The molecule has 0 bridgehead atoms. The van der Waals surface area contributed by atoms with Gasteiger partial charge in [0, 0.05) is 29.2 Å². The van der Waals surface area contributed by atoms with Crippen molar-refractivity contribution in [1.29, 1.82) is 0 Å². The van der Waals surface area contributed by atoms with Gasteiger partial charge in [-0.1, -0.05) is 77.0 Å². The summed E-state index contributed by atoms with van der Waals surface area (Å²) < 4.78 is 0. The molecule has 0 aliphatic heterocycles. The number of carbonyl (C=O) groups excluding carboxylic acids is 1. The second kappa shape index (κ2) is 7.55. The summed E-state index contributed by atoms with van der Waals surface area (Å²) in [7, 11) is 0. The van der Waals surface area contributed by atoms with Crippen LogP contribution in [0, 0.1) is 0 Å². The average molecular weight is 367 g/mol. The molecule has 2 aromatic rings. The van der Waals surface area contributed by atoms with Gasteiger partial charge in [0.2, 0.25) is 0 Å². The number of aromatic hydroxyl groups is 1. The van der Waals surface area contributed by atoms with Crippen molar-refractivity contribution in [2.75, 3.05) is 0 Å². The van der Waals surface area contributed by atoms with Crippen LogP contribution in [-0.4, -0.2) is 16.8 Å². The van der Waals surface area contributed by atoms with Crippen LogP contribution in [0.3, 0.4) is 0 Å². The van der Waals surface area contributed by atoms with Gasteiger partial charge in [-0.05, 0) is 23.0 Å². The summed E-state index contributed by atoms with van der Waals surface area (Å²) in [5.74, 6) is -0.173. The molecule has 27 heavy (non-hydrogen) atoms. The zero-order valence-electron chi connectivity index (χ0n) is 17.3. The van der Waals surface area contributed by atoms with Gasteiger partial charge < -0.3 is 9.94 Å². The van der Waals surface area contributed by atoms with Gasteiger partial charge in [-0.25, -0.2) is 4.79 Å². The van der Waals surface area contributed by atoms with Crippen molar-refractivity contribution in [3.8, 4) is 5.75 Å². The smallest absolute Gasteiger partial charge is 0.332 e. The number of oxime groups is 1. The molecular weight excluding hydrogens is 338 g/mol. The highest BCUT2D eigenvalue weighted by molar-refractivity contribution is 6.13. The number of phenolic OH excluding ortho intramolecular Hbond substituents is 1. The van der Waals surface area contributed by atoms with Crippen molar-refractivity contribution in [2.24, 2.45) is 5.16 Å². The first-order chi connectivity index (χ1) is 12.4. The molecule has 2 aromatic carbocycles. The highest BCUT2D eigenvalue weighted by Gasteiger charge is 2.27.